The van der Waals surface area contributed by atoms with E-state index in [2.05, 4.69) is 62.0 Å². The molecule has 1 aromatic rings. The topological polar surface area (TPSA) is 28.2 Å². The lowest BCUT2D eigenvalue weighted by Crippen LogP contribution is -2.47. The summed E-state index contributed by atoms with van der Waals surface area (Å²) in [5.41, 5.74) is 1.34. The second-order valence-electron chi connectivity index (χ2n) is 6.46. The van der Waals surface area contributed by atoms with Gasteiger partial charge in [-0.25, -0.2) is 0 Å². The summed E-state index contributed by atoms with van der Waals surface area (Å²) in [5, 5.41) is 3.65. The number of rotatable bonds is 8. The molecule has 0 saturated heterocycles. The Morgan fingerprint density at radius 1 is 1.25 bits per heavy atom. The summed E-state index contributed by atoms with van der Waals surface area (Å²) in [6.07, 6.45) is 4.32. The van der Waals surface area contributed by atoms with Crippen LogP contribution in [0, 0.1) is 0 Å². The maximum absolute atomic E-state index is 4.46. The van der Waals surface area contributed by atoms with Gasteiger partial charge in [-0.3, -0.25) is 9.88 Å². The summed E-state index contributed by atoms with van der Waals surface area (Å²) in [6, 6.07) is 6.73. The maximum atomic E-state index is 4.46. The minimum atomic E-state index is 0.177. The first-order valence-electron chi connectivity index (χ1n) is 7.85. The van der Waals surface area contributed by atoms with Crippen LogP contribution in [0.1, 0.15) is 53.2 Å². The lowest BCUT2D eigenvalue weighted by molar-refractivity contribution is 0.171. The van der Waals surface area contributed by atoms with E-state index in [0.717, 1.165) is 25.3 Å². The fourth-order valence-corrected chi connectivity index (χ4v) is 2.37. The summed E-state index contributed by atoms with van der Waals surface area (Å²) >= 11 is 0. The molecule has 0 aliphatic heterocycles. The quantitative estimate of drug-likeness (QED) is 0.789. The van der Waals surface area contributed by atoms with E-state index in [1.807, 2.05) is 12.3 Å². The molecule has 3 heteroatoms. The number of aromatic nitrogens is 1. The van der Waals surface area contributed by atoms with Gasteiger partial charge in [-0.1, -0.05) is 26.3 Å². The molecular weight excluding hydrogens is 246 g/mol. The van der Waals surface area contributed by atoms with Gasteiger partial charge in [0.1, 0.15) is 0 Å². The lowest BCUT2D eigenvalue weighted by atomic mass is 10.1. The fourth-order valence-electron chi connectivity index (χ4n) is 2.37. The van der Waals surface area contributed by atoms with Crippen molar-refractivity contribution in [1.29, 1.82) is 0 Å². The zero-order valence-electron chi connectivity index (χ0n) is 13.8. The Kier molecular flexibility index (Phi) is 7.17. The van der Waals surface area contributed by atoms with Crippen molar-refractivity contribution in [3.8, 4) is 0 Å². The highest BCUT2D eigenvalue weighted by Crippen LogP contribution is 2.12. The smallest absolute Gasteiger partial charge is 0.0544 e. The predicted molar refractivity (Wildman–Crippen MR) is 86.8 cm³/mol. The van der Waals surface area contributed by atoms with Crippen LogP contribution < -0.4 is 5.32 Å². The molecule has 1 aromatic heterocycles. The van der Waals surface area contributed by atoms with E-state index in [1.54, 1.807) is 0 Å². The van der Waals surface area contributed by atoms with Crippen LogP contribution in [-0.2, 0) is 6.54 Å². The van der Waals surface area contributed by atoms with E-state index >= 15 is 0 Å². The van der Waals surface area contributed by atoms with Gasteiger partial charge in [0.2, 0.25) is 0 Å². The third-order valence-electron chi connectivity index (χ3n) is 3.50. The highest BCUT2D eigenvalue weighted by Gasteiger charge is 2.19. The molecule has 3 nitrogen and oxygen atoms in total. The number of hydrogen-bond acceptors (Lipinski definition) is 3. The minimum Gasteiger partial charge on any atom is -0.311 e. The summed E-state index contributed by atoms with van der Waals surface area (Å²) in [4.78, 5) is 6.99. The third kappa shape index (κ3) is 6.49. The normalized spacial score (nSPS) is 13.7. The van der Waals surface area contributed by atoms with E-state index in [-0.39, 0.29) is 5.54 Å². The zero-order chi connectivity index (χ0) is 15.0. The molecule has 0 saturated carbocycles. The van der Waals surface area contributed by atoms with Gasteiger partial charge >= 0.3 is 0 Å². The summed E-state index contributed by atoms with van der Waals surface area (Å²) in [6.45, 7) is 14.2. The minimum absolute atomic E-state index is 0.177. The van der Waals surface area contributed by atoms with Crippen LogP contribution in [0.3, 0.4) is 0 Å². The molecule has 1 atom stereocenters. The van der Waals surface area contributed by atoms with Gasteiger partial charge in [0.15, 0.2) is 0 Å². The van der Waals surface area contributed by atoms with Crippen LogP contribution in [0.15, 0.2) is 24.4 Å². The van der Waals surface area contributed by atoms with E-state index in [1.165, 1.54) is 12.8 Å². The summed E-state index contributed by atoms with van der Waals surface area (Å²) < 4.78 is 0. The molecule has 0 radical (unpaired) electrons. The second kappa shape index (κ2) is 8.38. The molecule has 0 spiro atoms. The fraction of sp³-hybridized carbons (Fsp3) is 0.706. The van der Waals surface area contributed by atoms with Gasteiger partial charge in [-0.15, -0.1) is 0 Å². The van der Waals surface area contributed by atoms with E-state index in [4.69, 9.17) is 0 Å². The Labute approximate surface area is 124 Å². The van der Waals surface area contributed by atoms with Crippen molar-refractivity contribution >= 4 is 0 Å². The average Bonchev–Trinajstić information content (AvgIpc) is 2.41. The molecule has 0 bridgehead atoms. The van der Waals surface area contributed by atoms with Crippen molar-refractivity contribution in [3.63, 3.8) is 0 Å². The second-order valence-corrected chi connectivity index (χ2v) is 6.46. The number of likely N-dealkylation sites (N-methyl/N-ethyl adjacent to an activating group) is 1. The molecule has 0 aliphatic carbocycles. The number of hydrogen-bond donors (Lipinski definition) is 1. The van der Waals surface area contributed by atoms with Gasteiger partial charge in [0.05, 0.1) is 5.69 Å². The van der Waals surface area contributed by atoms with Gasteiger partial charge in [0.25, 0.3) is 0 Å². The van der Waals surface area contributed by atoms with Crippen molar-refractivity contribution in [2.24, 2.45) is 0 Å². The Balaban J connectivity index is 2.65. The predicted octanol–water partition coefficient (Wildman–Crippen LogP) is 3.46. The zero-order valence-corrected chi connectivity index (χ0v) is 13.8. The van der Waals surface area contributed by atoms with Crippen molar-refractivity contribution in [3.05, 3.63) is 30.1 Å². The number of nitrogens with zero attached hydrogens (tertiary/aromatic N) is 2. The molecular formula is C17H31N3. The van der Waals surface area contributed by atoms with Crippen LogP contribution >= 0.6 is 0 Å². The first kappa shape index (κ1) is 17.1. The first-order valence-corrected chi connectivity index (χ1v) is 7.85. The molecule has 0 aliphatic rings. The highest BCUT2D eigenvalue weighted by atomic mass is 15.2. The Bertz CT molecular complexity index is 356. The lowest BCUT2D eigenvalue weighted by Gasteiger charge is -2.33. The molecule has 0 aromatic carbocycles. The average molecular weight is 277 g/mol. The van der Waals surface area contributed by atoms with Gasteiger partial charge < -0.3 is 5.32 Å². The van der Waals surface area contributed by atoms with Crippen molar-refractivity contribution in [2.75, 3.05) is 13.1 Å². The maximum Gasteiger partial charge on any atom is 0.0544 e. The number of pyridine rings is 1. The Hall–Kier alpha value is -0.930. The standard InChI is InChI=1S/C17H31N3/c1-6-10-16(13-19-17(3,4)5)20(7-2)14-15-11-8-9-12-18-15/h8-9,11-12,16,19H,6-7,10,13-14H2,1-5H3. The number of nitrogens with one attached hydrogen (secondary N) is 1. The SMILES string of the molecule is CCCC(CNC(C)(C)C)N(CC)Cc1ccccn1. The summed E-state index contributed by atoms with van der Waals surface area (Å²) in [7, 11) is 0. The van der Waals surface area contributed by atoms with Crippen LogP contribution in [0.25, 0.3) is 0 Å². The summed E-state index contributed by atoms with van der Waals surface area (Å²) in [5.74, 6) is 0. The van der Waals surface area contributed by atoms with Crippen LogP contribution in [0.4, 0.5) is 0 Å². The first-order chi connectivity index (χ1) is 9.46. The van der Waals surface area contributed by atoms with Crippen LogP contribution in [-0.4, -0.2) is 34.6 Å². The van der Waals surface area contributed by atoms with E-state index < -0.39 is 0 Å². The van der Waals surface area contributed by atoms with Gasteiger partial charge in [-0.2, -0.15) is 0 Å². The molecule has 114 valence electrons. The van der Waals surface area contributed by atoms with E-state index in [9.17, 15) is 0 Å². The van der Waals surface area contributed by atoms with Gasteiger partial charge in [-0.05, 0) is 45.9 Å². The highest BCUT2D eigenvalue weighted by molar-refractivity contribution is 5.03. The van der Waals surface area contributed by atoms with Gasteiger partial charge in [0, 0.05) is 30.9 Å². The molecule has 1 rings (SSSR count). The van der Waals surface area contributed by atoms with E-state index in [0.29, 0.717) is 6.04 Å². The van der Waals surface area contributed by atoms with Crippen molar-refractivity contribution in [1.82, 2.24) is 15.2 Å². The monoisotopic (exact) mass is 277 g/mol. The van der Waals surface area contributed by atoms with Crippen molar-refractivity contribution < 1.29 is 0 Å². The van der Waals surface area contributed by atoms with Crippen molar-refractivity contribution in [2.45, 2.75) is 65.6 Å². The molecule has 0 fully saturated rings. The molecule has 0 amide bonds. The molecule has 1 N–H and O–H groups in total. The third-order valence-corrected chi connectivity index (χ3v) is 3.50. The molecule has 20 heavy (non-hydrogen) atoms. The molecule has 1 unspecified atom stereocenters. The molecule has 1 heterocycles. The van der Waals surface area contributed by atoms with Crippen LogP contribution in [0.5, 0.6) is 0 Å². The Morgan fingerprint density at radius 2 is 2.00 bits per heavy atom. The van der Waals surface area contributed by atoms with Crippen LogP contribution in [0.2, 0.25) is 0 Å². The Morgan fingerprint density at radius 3 is 2.50 bits per heavy atom. The largest absolute Gasteiger partial charge is 0.311 e.